The van der Waals surface area contributed by atoms with Crippen molar-refractivity contribution in [3.8, 4) is 0 Å². The number of alkyl halides is 2. The van der Waals surface area contributed by atoms with Gasteiger partial charge in [0.25, 0.3) is 0 Å². The number of rotatable bonds is 0. The van der Waals surface area contributed by atoms with Gasteiger partial charge in [0.05, 0.1) is 11.3 Å². The van der Waals surface area contributed by atoms with Gasteiger partial charge in [-0.2, -0.15) is 8.78 Å². The molecule has 0 saturated heterocycles. The fourth-order valence-electron chi connectivity index (χ4n) is 2.63. The monoisotopic (exact) mass is 223 g/mol. The molecule has 0 N–H and O–H groups in total. The number of anilines is 1. The van der Waals surface area contributed by atoms with Crippen LogP contribution < -0.4 is 4.90 Å². The van der Waals surface area contributed by atoms with Gasteiger partial charge in [0.1, 0.15) is 0 Å². The van der Waals surface area contributed by atoms with Crippen molar-refractivity contribution in [3.63, 3.8) is 0 Å². The molecule has 84 valence electrons. The van der Waals surface area contributed by atoms with E-state index < -0.39 is 11.8 Å². The van der Waals surface area contributed by atoms with Gasteiger partial charge in [0, 0.05) is 6.54 Å². The van der Waals surface area contributed by atoms with Gasteiger partial charge < -0.3 is 4.90 Å². The number of halogens is 2. The predicted octanol–water partition coefficient (Wildman–Crippen LogP) is 2.38. The van der Waals surface area contributed by atoms with Crippen molar-refractivity contribution in [2.75, 3.05) is 11.4 Å². The van der Waals surface area contributed by atoms with E-state index >= 15 is 0 Å². The summed E-state index contributed by atoms with van der Waals surface area (Å²) in [6.45, 7) is 2.20. The average Bonchev–Trinajstić information content (AvgIpc) is 2.42. The van der Waals surface area contributed by atoms with E-state index in [2.05, 4.69) is 0 Å². The van der Waals surface area contributed by atoms with Crippen LogP contribution in [0.25, 0.3) is 0 Å². The van der Waals surface area contributed by atoms with Crippen molar-refractivity contribution in [1.29, 1.82) is 0 Å². The van der Waals surface area contributed by atoms with E-state index in [9.17, 15) is 13.6 Å². The molecule has 1 aromatic carbocycles. The molecule has 0 aliphatic carbocycles. The van der Waals surface area contributed by atoms with Crippen LogP contribution in [0, 0.1) is 6.92 Å². The van der Waals surface area contributed by atoms with E-state index in [0.29, 0.717) is 12.2 Å². The third-order valence-electron chi connectivity index (χ3n) is 3.28. The molecule has 16 heavy (non-hydrogen) atoms. The molecule has 0 spiro atoms. The summed E-state index contributed by atoms with van der Waals surface area (Å²) in [6, 6.07) is 3.34. The van der Waals surface area contributed by atoms with Crippen LogP contribution in [-0.4, -0.2) is 12.5 Å². The van der Waals surface area contributed by atoms with Gasteiger partial charge in [-0.15, -0.1) is 0 Å². The minimum Gasteiger partial charge on any atom is -0.306 e. The number of aryl methyl sites for hydroxylation is 2. The maximum Gasteiger partial charge on any atom is 0.352 e. The van der Waals surface area contributed by atoms with E-state index in [1.165, 1.54) is 11.0 Å². The zero-order chi connectivity index (χ0) is 11.5. The highest BCUT2D eigenvalue weighted by Crippen LogP contribution is 2.48. The molecule has 0 radical (unpaired) electrons. The van der Waals surface area contributed by atoms with Gasteiger partial charge in [-0.1, -0.05) is 11.6 Å². The average molecular weight is 223 g/mol. The number of hydrogen-bond donors (Lipinski definition) is 0. The molecule has 2 aliphatic rings. The van der Waals surface area contributed by atoms with Crippen LogP contribution in [0.4, 0.5) is 14.5 Å². The third kappa shape index (κ3) is 1.02. The van der Waals surface area contributed by atoms with Crippen LogP contribution in [0.2, 0.25) is 0 Å². The topological polar surface area (TPSA) is 20.3 Å². The number of carbonyl (C=O) groups is 1. The van der Waals surface area contributed by atoms with Crippen molar-refractivity contribution < 1.29 is 13.6 Å². The summed E-state index contributed by atoms with van der Waals surface area (Å²) >= 11 is 0. The standard InChI is InChI=1S/C12H11F2NO/c1-7-5-8-3-2-4-15-10(8)9(6-7)12(13,14)11(15)16/h5-6H,2-4H2,1H3. The van der Waals surface area contributed by atoms with E-state index in [0.717, 1.165) is 24.0 Å². The van der Waals surface area contributed by atoms with E-state index in [-0.39, 0.29) is 5.56 Å². The molecule has 3 rings (SSSR count). The smallest absolute Gasteiger partial charge is 0.306 e. The molecule has 0 fully saturated rings. The van der Waals surface area contributed by atoms with E-state index in [1.807, 2.05) is 6.07 Å². The molecule has 0 saturated carbocycles. The minimum absolute atomic E-state index is 0.104. The van der Waals surface area contributed by atoms with Crippen LogP contribution >= 0.6 is 0 Å². The Bertz CT molecular complexity index is 496. The molecule has 2 aliphatic heterocycles. The molecule has 0 unspecified atom stereocenters. The number of carbonyl (C=O) groups excluding carboxylic acids is 1. The molecule has 1 amide bonds. The second kappa shape index (κ2) is 2.81. The fraction of sp³-hybridized carbons (Fsp3) is 0.417. The minimum atomic E-state index is -3.33. The Hall–Kier alpha value is -1.45. The maximum atomic E-state index is 13.8. The van der Waals surface area contributed by atoms with Crippen molar-refractivity contribution >= 4 is 11.6 Å². The fourth-order valence-corrected chi connectivity index (χ4v) is 2.63. The van der Waals surface area contributed by atoms with Gasteiger partial charge in [0.15, 0.2) is 0 Å². The second-order valence-corrected chi connectivity index (χ2v) is 4.45. The summed E-state index contributed by atoms with van der Waals surface area (Å²) in [5.41, 5.74) is 2.04. The van der Waals surface area contributed by atoms with Crippen LogP contribution in [0.1, 0.15) is 23.1 Å². The molecule has 0 bridgehead atoms. The Labute approximate surface area is 91.9 Å². The Morgan fingerprint density at radius 2 is 2.12 bits per heavy atom. The molecule has 2 heterocycles. The second-order valence-electron chi connectivity index (χ2n) is 4.45. The number of amides is 1. The van der Waals surface area contributed by atoms with Gasteiger partial charge in [0.2, 0.25) is 0 Å². The predicted molar refractivity (Wildman–Crippen MR) is 55.7 cm³/mol. The molecule has 4 heteroatoms. The Kier molecular flexibility index (Phi) is 1.71. The largest absolute Gasteiger partial charge is 0.352 e. The number of hydrogen-bond acceptors (Lipinski definition) is 1. The maximum absolute atomic E-state index is 13.8. The molecule has 0 atom stereocenters. The van der Waals surface area contributed by atoms with Gasteiger partial charge >= 0.3 is 11.8 Å². The summed E-state index contributed by atoms with van der Waals surface area (Å²) in [6.07, 6.45) is 1.54. The van der Waals surface area contributed by atoms with Crippen LogP contribution in [0.5, 0.6) is 0 Å². The first kappa shape index (κ1) is 9.75. The van der Waals surface area contributed by atoms with Gasteiger partial charge in [-0.05, 0) is 31.4 Å². The van der Waals surface area contributed by atoms with Crippen LogP contribution in [0.15, 0.2) is 12.1 Å². The highest BCUT2D eigenvalue weighted by Gasteiger charge is 2.54. The molecule has 0 aromatic heterocycles. The first-order valence-electron chi connectivity index (χ1n) is 5.35. The van der Waals surface area contributed by atoms with E-state index in [1.54, 1.807) is 6.92 Å². The molecule has 1 aromatic rings. The number of nitrogens with zero attached hydrogens (tertiary/aromatic N) is 1. The highest BCUT2D eigenvalue weighted by atomic mass is 19.3. The van der Waals surface area contributed by atoms with Crippen molar-refractivity contribution in [2.45, 2.75) is 25.7 Å². The molecule has 2 nitrogen and oxygen atoms in total. The van der Waals surface area contributed by atoms with Crippen molar-refractivity contribution in [1.82, 2.24) is 0 Å². The summed E-state index contributed by atoms with van der Waals surface area (Å²) in [5.74, 6) is -4.39. The van der Waals surface area contributed by atoms with Crippen LogP contribution in [-0.2, 0) is 17.1 Å². The number of benzene rings is 1. The molecular weight excluding hydrogens is 212 g/mol. The van der Waals surface area contributed by atoms with Gasteiger partial charge in [-0.25, -0.2) is 0 Å². The Balaban J connectivity index is 2.33. The summed E-state index contributed by atoms with van der Waals surface area (Å²) in [7, 11) is 0. The lowest BCUT2D eigenvalue weighted by Crippen LogP contribution is -2.36. The highest BCUT2D eigenvalue weighted by molar-refractivity contribution is 6.07. The first-order valence-corrected chi connectivity index (χ1v) is 5.35. The van der Waals surface area contributed by atoms with Crippen LogP contribution in [0.3, 0.4) is 0 Å². The first-order chi connectivity index (χ1) is 7.51. The third-order valence-corrected chi connectivity index (χ3v) is 3.28. The lowest BCUT2D eigenvalue weighted by atomic mass is 9.97. The molecular formula is C12H11F2NO. The van der Waals surface area contributed by atoms with Crippen molar-refractivity contribution in [2.24, 2.45) is 0 Å². The lowest BCUT2D eigenvalue weighted by Gasteiger charge is -2.24. The zero-order valence-corrected chi connectivity index (χ0v) is 8.89. The van der Waals surface area contributed by atoms with Gasteiger partial charge in [-0.3, -0.25) is 4.79 Å². The zero-order valence-electron chi connectivity index (χ0n) is 8.89. The van der Waals surface area contributed by atoms with E-state index in [4.69, 9.17) is 0 Å². The summed E-state index contributed by atoms with van der Waals surface area (Å²) < 4.78 is 27.5. The quantitative estimate of drug-likeness (QED) is 0.661. The summed E-state index contributed by atoms with van der Waals surface area (Å²) in [5, 5.41) is 0. The lowest BCUT2D eigenvalue weighted by molar-refractivity contribution is -0.141. The Morgan fingerprint density at radius 3 is 2.88 bits per heavy atom. The normalized spacial score (nSPS) is 21.2. The van der Waals surface area contributed by atoms with Crippen molar-refractivity contribution in [3.05, 3.63) is 28.8 Å². The SMILES string of the molecule is Cc1cc2c3c(c1)C(F)(F)C(=O)N3CCC2. The Morgan fingerprint density at radius 1 is 1.38 bits per heavy atom. The summed E-state index contributed by atoms with van der Waals surface area (Å²) in [4.78, 5) is 12.8.